The normalized spacial score (nSPS) is 18.4. The molecule has 6 nitrogen and oxygen atoms in total. The second-order valence-corrected chi connectivity index (χ2v) is 9.62. The number of pyridine rings is 1. The molecule has 0 bridgehead atoms. The van der Waals surface area contributed by atoms with E-state index in [-0.39, 0.29) is 39.1 Å². The minimum atomic E-state index is -4.89. The van der Waals surface area contributed by atoms with Gasteiger partial charge in [-0.2, -0.15) is 31.4 Å². The smallest absolute Gasteiger partial charge is 0.380 e. The number of anilines is 2. The van der Waals surface area contributed by atoms with Crippen LogP contribution in [0, 0.1) is 18.2 Å². The minimum absolute atomic E-state index is 0.0201. The van der Waals surface area contributed by atoms with Gasteiger partial charge in [-0.3, -0.25) is 0 Å². The van der Waals surface area contributed by atoms with Crippen molar-refractivity contribution in [1.29, 1.82) is 0 Å². The molecule has 2 saturated heterocycles. The summed E-state index contributed by atoms with van der Waals surface area (Å²) >= 11 is 0. The zero-order chi connectivity index (χ0) is 26.8. The first-order chi connectivity index (χ1) is 17.3. The fourth-order valence-corrected chi connectivity index (χ4v) is 4.89. The predicted octanol–water partition coefficient (Wildman–Crippen LogP) is 5.91. The Balaban J connectivity index is 1.58. The van der Waals surface area contributed by atoms with Gasteiger partial charge in [0.15, 0.2) is 11.5 Å². The third-order valence-electron chi connectivity index (χ3n) is 6.92. The summed E-state index contributed by atoms with van der Waals surface area (Å²) in [7, 11) is 0. The van der Waals surface area contributed by atoms with E-state index in [4.69, 9.17) is 4.74 Å². The van der Waals surface area contributed by atoms with Crippen molar-refractivity contribution in [3.05, 3.63) is 52.6 Å². The third-order valence-corrected chi connectivity index (χ3v) is 6.92. The van der Waals surface area contributed by atoms with Crippen molar-refractivity contribution >= 4 is 22.4 Å². The van der Waals surface area contributed by atoms with E-state index >= 15 is 0 Å². The van der Waals surface area contributed by atoms with E-state index in [9.17, 15) is 30.7 Å². The molecule has 1 atom stereocenters. The molecule has 2 aliphatic heterocycles. The highest BCUT2D eigenvalue weighted by Gasteiger charge is 2.47. The van der Waals surface area contributed by atoms with Crippen LogP contribution in [0.1, 0.15) is 41.9 Å². The number of alkyl halides is 6. The predicted molar refractivity (Wildman–Crippen MR) is 121 cm³/mol. The van der Waals surface area contributed by atoms with Crippen molar-refractivity contribution in [2.45, 2.75) is 38.7 Å². The van der Waals surface area contributed by atoms with Crippen LogP contribution in [0.4, 0.5) is 42.2 Å². The summed E-state index contributed by atoms with van der Waals surface area (Å²) in [6.07, 6.45) is -8.96. The first kappa shape index (κ1) is 25.4. The number of nitrogens with zero attached hydrogens (tertiary/aromatic N) is 4. The maximum Gasteiger partial charge on any atom is 0.435 e. The molecule has 0 aliphatic carbocycles. The number of aromatic nitrogens is 3. The first-order valence-electron chi connectivity index (χ1n) is 11.5. The summed E-state index contributed by atoms with van der Waals surface area (Å²) in [4.78, 5) is 5.54. The monoisotopic (exact) mass is 529 g/mol. The molecule has 0 saturated carbocycles. The maximum absolute atomic E-state index is 14.7. The Morgan fingerprint density at radius 2 is 1.81 bits per heavy atom. The molecule has 0 unspecified atom stereocenters. The summed E-state index contributed by atoms with van der Waals surface area (Å²) in [5.41, 5.74) is -3.00. The molecule has 37 heavy (non-hydrogen) atoms. The molecule has 1 aromatic carbocycles. The molecular weight excluding hydrogens is 507 g/mol. The number of ether oxygens (including phenoxy) is 1. The molecule has 13 heteroatoms. The van der Waals surface area contributed by atoms with Gasteiger partial charge in [-0.25, -0.2) is 9.37 Å². The highest BCUT2D eigenvalue weighted by Crippen LogP contribution is 2.44. The number of benzene rings is 1. The van der Waals surface area contributed by atoms with Crippen molar-refractivity contribution < 1.29 is 35.5 Å². The second-order valence-electron chi connectivity index (χ2n) is 9.62. The summed E-state index contributed by atoms with van der Waals surface area (Å²) < 4.78 is 102. The number of hydrogen-bond acceptors (Lipinski definition) is 6. The molecule has 5 rings (SSSR count). The Morgan fingerprint density at radius 1 is 1.08 bits per heavy atom. The van der Waals surface area contributed by atoms with Gasteiger partial charge in [0.2, 0.25) is 0 Å². The molecule has 2 aliphatic rings. The first-order valence-corrected chi connectivity index (χ1v) is 11.5. The van der Waals surface area contributed by atoms with Gasteiger partial charge in [0.05, 0.1) is 41.7 Å². The quantitative estimate of drug-likeness (QED) is 0.424. The minimum Gasteiger partial charge on any atom is -0.380 e. The van der Waals surface area contributed by atoms with Crippen LogP contribution in [0.2, 0.25) is 0 Å². The van der Waals surface area contributed by atoms with Crippen LogP contribution in [0.5, 0.6) is 0 Å². The zero-order valence-electron chi connectivity index (χ0n) is 19.8. The van der Waals surface area contributed by atoms with Crippen LogP contribution in [0.25, 0.3) is 10.9 Å². The fraction of sp³-hybridized carbons (Fsp3) is 0.458. The number of nitrogens with one attached hydrogen (secondary N) is 1. The van der Waals surface area contributed by atoms with Crippen molar-refractivity contribution in [2.75, 3.05) is 36.5 Å². The topological polar surface area (TPSA) is 63.2 Å². The summed E-state index contributed by atoms with van der Waals surface area (Å²) in [5, 5.41) is 10.9. The van der Waals surface area contributed by atoms with Gasteiger partial charge < -0.3 is 15.0 Å². The van der Waals surface area contributed by atoms with Crippen molar-refractivity contribution in [1.82, 2.24) is 15.2 Å². The lowest BCUT2D eigenvalue weighted by Gasteiger charge is -2.38. The number of aryl methyl sites for hydroxylation is 1. The van der Waals surface area contributed by atoms with Crippen molar-refractivity contribution in [3.8, 4) is 0 Å². The molecule has 198 valence electrons. The van der Waals surface area contributed by atoms with E-state index in [1.807, 2.05) is 0 Å². The molecule has 0 amide bonds. The number of hydrogen-bond donors (Lipinski definition) is 1. The molecule has 2 fully saturated rings. The molecule has 3 aromatic rings. The molecule has 4 heterocycles. The Hall–Kier alpha value is -3.22. The van der Waals surface area contributed by atoms with Crippen LogP contribution in [-0.4, -0.2) is 41.5 Å². The summed E-state index contributed by atoms with van der Waals surface area (Å²) in [6.45, 7) is 4.58. The SMILES string of the molecule is Cc1nnc(N[C@H](C)c2cccc(C(F)(F)F)c2F)c2cc(N3CCC4(COC4)C3)c(C(F)(F)F)nc12. The number of fused-ring (bicyclic) bond motifs is 1. The zero-order valence-corrected chi connectivity index (χ0v) is 19.8. The van der Waals surface area contributed by atoms with Crippen LogP contribution in [0.3, 0.4) is 0 Å². The van der Waals surface area contributed by atoms with Gasteiger partial charge in [-0.1, -0.05) is 12.1 Å². The van der Waals surface area contributed by atoms with Crippen molar-refractivity contribution in [3.63, 3.8) is 0 Å². The van der Waals surface area contributed by atoms with E-state index in [1.54, 1.807) is 4.90 Å². The average Bonchev–Trinajstić information content (AvgIpc) is 3.25. The number of rotatable bonds is 4. The Bertz CT molecular complexity index is 1350. The van der Waals surface area contributed by atoms with Crippen LogP contribution in [-0.2, 0) is 17.1 Å². The summed E-state index contributed by atoms with van der Waals surface area (Å²) in [6, 6.07) is 3.22. The van der Waals surface area contributed by atoms with Crippen LogP contribution in [0.15, 0.2) is 24.3 Å². The molecular formula is C24H22F7N5O. The van der Waals surface area contributed by atoms with E-state index in [0.717, 1.165) is 6.07 Å². The lowest BCUT2D eigenvalue weighted by molar-refractivity contribution is -0.141. The standard InChI is InChI=1S/C24H22F7N5O/c1-12(14-4-3-5-16(18(14)25)23(26,27)28)32-21-15-8-17(36-7-6-22(9-36)10-37-11-22)20(24(29,30)31)33-19(15)13(2)34-35-21/h3-5,8,12H,6-7,9-11H2,1-2H3,(H,32,35)/t12-/m1/s1. The summed E-state index contributed by atoms with van der Waals surface area (Å²) in [5.74, 6) is -1.46. The second kappa shape index (κ2) is 8.67. The van der Waals surface area contributed by atoms with Gasteiger partial charge in [0.25, 0.3) is 0 Å². The Kier molecular flexibility index (Phi) is 5.96. The molecule has 1 N–H and O–H groups in total. The van der Waals surface area contributed by atoms with Gasteiger partial charge in [0.1, 0.15) is 5.82 Å². The van der Waals surface area contributed by atoms with E-state index in [1.165, 1.54) is 26.0 Å². The highest BCUT2D eigenvalue weighted by molar-refractivity contribution is 5.93. The van der Waals surface area contributed by atoms with Crippen LogP contribution >= 0.6 is 0 Å². The lowest BCUT2D eigenvalue weighted by atomic mass is 9.85. The highest BCUT2D eigenvalue weighted by atomic mass is 19.4. The van der Waals surface area contributed by atoms with E-state index in [2.05, 4.69) is 20.5 Å². The number of halogens is 7. The third kappa shape index (κ3) is 4.53. The van der Waals surface area contributed by atoms with E-state index < -0.39 is 35.5 Å². The Morgan fingerprint density at radius 3 is 2.41 bits per heavy atom. The van der Waals surface area contributed by atoms with Gasteiger partial charge in [0, 0.05) is 29.5 Å². The largest absolute Gasteiger partial charge is 0.435 e. The van der Waals surface area contributed by atoms with Gasteiger partial charge in [-0.05, 0) is 32.4 Å². The fourth-order valence-electron chi connectivity index (χ4n) is 4.89. The molecule has 2 aromatic heterocycles. The van der Waals surface area contributed by atoms with E-state index in [0.29, 0.717) is 38.8 Å². The lowest BCUT2D eigenvalue weighted by Crippen LogP contribution is -2.44. The van der Waals surface area contributed by atoms with Crippen LogP contribution < -0.4 is 10.2 Å². The molecule has 0 radical (unpaired) electrons. The maximum atomic E-state index is 14.7. The Labute approximate surface area is 206 Å². The van der Waals surface area contributed by atoms with Gasteiger partial charge in [-0.15, -0.1) is 5.10 Å². The molecule has 1 spiro atoms. The van der Waals surface area contributed by atoms with Crippen molar-refractivity contribution in [2.24, 2.45) is 5.41 Å². The average molecular weight is 529 g/mol. The van der Waals surface area contributed by atoms with Gasteiger partial charge >= 0.3 is 12.4 Å².